The Bertz CT molecular complexity index is 164. The molecular weight excluding hydrogens is 201 g/mol. The van der Waals surface area contributed by atoms with Crippen LogP contribution in [0, 0.1) is 0 Å². The lowest BCUT2D eigenvalue weighted by Gasteiger charge is -2.38. The molecule has 1 unspecified atom stereocenters. The van der Waals surface area contributed by atoms with E-state index in [9.17, 15) is 5.11 Å². The third kappa shape index (κ3) is 10.1. The average Bonchev–Trinajstić information content (AvgIpc) is 1.78. The van der Waals surface area contributed by atoms with Crippen LogP contribution in [0.1, 0.15) is 34.6 Å². The maximum atomic E-state index is 9.61. The Labute approximate surface area is 90.9 Å². The molecule has 0 heterocycles. The van der Waals surface area contributed by atoms with Gasteiger partial charge in [0, 0.05) is 0 Å². The quantitative estimate of drug-likeness (QED) is 0.303. The minimum atomic E-state index is -2.17. The molecule has 6 nitrogen and oxygen atoms in total. The largest absolute Gasteiger partial charge is 0.631 e. The Morgan fingerprint density at radius 3 is 1.47 bits per heavy atom. The van der Waals surface area contributed by atoms with Crippen LogP contribution in [0.4, 0.5) is 0 Å². The van der Waals surface area contributed by atoms with Crippen LogP contribution in [0.5, 0.6) is 0 Å². The number of rotatable bonds is 3. The fourth-order valence-corrected chi connectivity index (χ4v) is 0.609. The summed E-state index contributed by atoms with van der Waals surface area (Å²) in [5, 5.41) is 31.1. The van der Waals surface area contributed by atoms with Gasteiger partial charge in [-0.15, -0.1) is 0 Å². The van der Waals surface area contributed by atoms with Gasteiger partial charge >= 0.3 is 7.32 Å². The van der Waals surface area contributed by atoms with Crippen molar-refractivity contribution in [1.82, 2.24) is 0 Å². The van der Waals surface area contributed by atoms with Gasteiger partial charge in [0.15, 0.2) is 0 Å². The van der Waals surface area contributed by atoms with Crippen molar-refractivity contribution in [2.75, 3.05) is 0 Å². The molecule has 0 saturated heterocycles. The SMILES string of the molecule is CC(N)OC(C)(C)C(C)(C)O.OB(O)O. The molecule has 0 saturated carbocycles. The summed E-state index contributed by atoms with van der Waals surface area (Å²) in [5.41, 5.74) is 3.96. The zero-order chi connectivity index (χ0) is 12.9. The van der Waals surface area contributed by atoms with E-state index in [1.54, 1.807) is 20.8 Å². The van der Waals surface area contributed by atoms with Gasteiger partial charge in [0.05, 0.1) is 11.2 Å². The van der Waals surface area contributed by atoms with Crippen LogP contribution in [0.2, 0.25) is 0 Å². The Morgan fingerprint density at radius 2 is 1.40 bits per heavy atom. The summed E-state index contributed by atoms with van der Waals surface area (Å²) < 4.78 is 5.33. The molecule has 0 aromatic carbocycles. The Balaban J connectivity index is 0. The lowest BCUT2D eigenvalue weighted by atomic mass is 9.89. The highest BCUT2D eigenvalue weighted by molar-refractivity contribution is 6.30. The maximum absolute atomic E-state index is 9.61. The summed E-state index contributed by atoms with van der Waals surface area (Å²) in [6, 6.07) is 0. The molecule has 0 rings (SSSR count). The first kappa shape index (κ1) is 17.2. The molecule has 6 N–H and O–H groups in total. The van der Waals surface area contributed by atoms with Crippen LogP contribution in [0.3, 0.4) is 0 Å². The van der Waals surface area contributed by atoms with Crippen molar-refractivity contribution < 1.29 is 24.9 Å². The Hall–Kier alpha value is -0.175. The third-order valence-electron chi connectivity index (χ3n) is 1.95. The van der Waals surface area contributed by atoms with E-state index in [1.165, 1.54) is 0 Å². The second-order valence-electron chi connectivity index (χ2n) is 4.24. The molecule has 0 aliphatic rings. The third-order valence-corrected chi connectivity index (χ3v) is 1.95. The van der Waals surface area contributed by atoms with E-state index in [2.05, 4.69) is 0 Å². The first-order chi connectivity index (χ1) is 6.40. The first-order valence-corrected chi connectivity index (χ1v) is 4.60. The molecule has 0 aromatic heterocycles. The van der Waals surface area contributed by atoms with Crippen molar-refractivity contribution in [2.24, 2.45) is 5.73 Å². The summed E-state index contributed by atoms with van der Waals surface area (Å²) in [4.78, 5) is 0. The van der Waals surface area contributed by atoms with Crippen LogP contribution in [0.25, 0.3) is 0 Å². The molecule has 0 aliphatic carbocycles. The maximum Gasteiger partial charge on any atom is 0.631 e. The minimum Gasteiger partial charge on any atom is -0.402 e. The monoisotopic (exact) mass is 223 g/mol. The van der Waals surface area contributed by atoms with Crippen molar-refractivity contribution in [3.05, 3.63) is 0 Å². The van der Waals surface area contributed by atoms with Crippen LogP contribution in [-0.2, 0) is 4.74 Å². The fraction of sp³-hybridized carbons (Fsp3) is 1.00. The van der Waals surface area contributed by atoms with Gasteiger partial charge in [-0.05, 0) is 34.6 Å². The smallest absolute Gasteiger partial charge is 0.402 e. The summed E-state index contributed by atoms with van der Waals surface area (Å²) in [6.45, 7) is 8.78. The number of hydrogen-bond acceptors (Lipinski definition) is 6. The highest BCUT2D eigenvalue weighted by atomic mass is 16.5. The summed E-state index contributed by atoms with van der Waals surface area (Å²) in [5.74, 6) is 0. The fourth-order valence-electron chi connectivity index (χ4n) is 0.609. The van der Waals surface area contributed by atoms with E-state index in [0.29, 0.717) is 0 Å². The van der Waals surface area contributed by atoms with Crippen LogP contribution in [-0.4, -0.2) is 44.9 Å². The van der Waals surface area contributed by atoms with Crippen LogP contribution >= 0.6 is 0 Å². The van der Waals surface area contributed by atoms with Gasteiger partial charge in [0.1, 0.15) is 6.23 Å². The number of nitrogens with two attached hydrogens (primary N) is 1. The summed E-state index contributed by atoms with van der Waals surface area (Å²) in [6.07, 6.45) is -0.351. The van der Waals surface area contributed by atoms with E-state index in [-0.39, 0.29) is 6.23 Å². The van der Waals surface area contributed by atoms with E-state index in [0.717, 1.165) is 0 Å². The molecular formula is C8H22BNO5. The number of ether oxygens (including phenoxy) is 1. The normalized spacial score (nSPS) is 14.0. The first-order valence-electron chi connectivity index (χ1n) is 4.60. The second kappa shape index (κ2) is 6.42. The standard InChI is InChI=1S/C8H19NO2.BH3O3/c1-6(9)11-8(4,5)7(2,3)10;2-1(3)4/h6,10H,9H2,1-5H3;2-4H. The van der Waals surface area contributed by atoms with Gasteiger partial charge in [-0.3, -0.25) is 0 Å². The van der Waals surface area contributed by atoms with Crippen LogP contribution < -0.4 is 5.73 Å². The van der Waals surface area contributed by atoms with Gasteiger partial charge in [0.2, 0.25) is 0 Å². The Kier molecular flexibility index (Phi) is 7.37. The van der Waals surface area contributed by atoms with Gasteiger partial charge in [0.25, 0.3) is 0 Å². The zero-order valence-electron chi connectivity index (χ0n) is 9.93. The highest BCUT2D eigenvalue weighted by Crippen LogP contribution is 2.25. The molecule has 0 aromatic rings. The van der Waals surface area contributed by atoms with Gasteiger partial charge in [-0.25, -0.2) is 0 Å². The molecule has 7 heteroatoms. The molecule has 0 radical (unpaired) electrons. The molecule has 0 amide bonds. The molecule has 0 bridgehead atoms. The zero-order valence-corrected chi connectivity index (χ0v) is 9.93. The molecule has 92 valence electrons. The number of hydrogen-bond donors (Lipinski definition) is 5. The van der Waals surface area contributed by atoms with Gasteiger partial charge in [-0.2, -0.15) is 0 Å². The van der Waals surface area contributed by atoms with Gasteiger partial charge < -0.3 is 30.6 Å². The Morgan fingerprint density at radius 1 is 1.13 bits per heavy atom. The van der Waals surface area contributed by atoms with Crippen molar-refractivity contribution >= 4 is 7.32 Å². The van der Waals surface area contributed by atoms with E-state index in [4.69, 9.17) is 25.5 Å². The van der Waals surface area contributed by atoms with E-state index >= 15 is 0 Å². The van der Waals surface area contributed by atoms with Crippen LogP contribution in [0.15, 0.2) is 0 Å². The predicted octanol–water partition coefficient (Wildman–Crippen LogP) is -1.19. The molecule has 0 aliphatic heterocycles. The number of aliphatic hydroxyl groups is 1. The lowest BCUT2D eigenvalue weighted by Crippen LogP contribution is -2.50. The van der Waals surface area contributed by atoms with E-state index < -0.39 is 18.5 Å². The van der Waals surface area contributed by atoms with Crippen molar-refractivity contribution in [3.8, 4) is 0 Å². The molecule has 0 fully saturated rings. The van der Waals surface area contributed by atoms with Gasteiger partial charge in [-0.1, -0.05) is 0 Å². The summed E-state index contributed by atoms with van der Waals surface area (Å²) >= 11 is 0. The minimum absolute atomic E-state index is 0.351. The summed E-state index contributed by atoms with van der Waals surface area (Å²) in [7, 11) is -2.17. The van der Waals surface area contributed by atoms with Crippen molar-refractivity contribution in [1.29, 1.82) is 0 Å². The molecule has 0 spiro atoms. The highest BCUT2D eigenvalue weighted by Gasteiger charge is 2.36. The second-order valence-corrected chi connectivity index (χ2v) is 4.24. The van der Waals surface area contributed by atoms with Crippen molar-refractivity contribution in [2.45, 2.75) is 52.0 Å². The molecule has 1 atom stereocenters. The predicted molar refractivity (Wildman–Crippen MR) is 57.5 cm³/mol. The van der Waals surface area contributed by atoms with Crippen molar-refractivity contribution in [3.63, 3.8) is 0 Å². The topological polar surface area (TPSA) is 116 Å². The molecule has 15 heavy (non-hydrogen) atoms. The van der Waals surface area contributed by atoms with E-state index in [1.807, 2.05) is 13.8 Å². The average molecular weight is 223 g/mol. The lowest BCUT2D eigenvalue weighted by molar-refractivity contribution is -0.168.